The zero-order valence-electron chi connectivity index (χ0n) is 5.26. The lowest BCUT2D eigenvalue weighted by Crippen LogP contribution is -2.13. The van der Waals surface area contributed by atoms with Crippen molar-refractivity contribution in [3.8, 4) is 0 Å². The number of methoxy groups -OCH3 is 1. The third kappa shape index (κ3) is 5.59. The Hall–Kier alpha value is -0.280. The molecule has 2 N–H and O–H groups in total. The van der Waals surface area contributed by atoms with Crippen LogP contribution in [0.5, 0.6) is 0 Å². The second-order valence-corrected chi connectivity index (χ2v) is 2.14. The molecule has 0 saturated carbocycles. The summed E-state index contributed by atoms with van der Waals surface area (Å²) in [5.41, 5.74) is 4.45. The minimum atomic E-state index is -0.391. The molecular formula is C5H10ClNO2. The van der Waals surface area contributed by atoms with E-state index in [0.717, 1.165) is 0 Å². The van der Waals surface area contributed by atoms with E-state index in [1.165, 1.54) is 7.11 Å². The average Bonchev–Trinajstić information content (AvgIpc) is 1.83. The molecule has 0 bridgehead atoms. The van der Waals surface area contributed by atoms with Crippen molar-refractivity contribution in [3.63, 3.8) is 0 Å². The van der Waals surface area contributed by atoms with E-state index >= 15 is 0 Å². The summed E-state index contributed by atoms with van der Waals surface area (Å²) >= 11 is 5.48. The minimum absolute atomic E-state index is 0.280. The summed E-state index contributed by atoms with van der Waals surface area (Å²) in [5.74, 6) is -0.349. The predicted octanol–water partition coefficient (Wildman–Crippen LogP) is 0.463. The average molecular weight is 152 g/mol. The molecule has 3 nitrogen and oxygen atoms in total. The first-order valence-electron chi connectivity index (χ1n) is 2.62. The molecule has 4 heteroatoms. The maximum absolute atomic E-state index is 10.1. The fourth-order valence-corrected chi connectivity index (χ4v) is 0.483. The van der Waals surface area contributed by atoms with Crippen LogP contribution in [0.2, 0.25) is 0 Å². The van der Waals surface area contributed by atoms with Crippen LogP contribution in [0.15, 0.2) is 0 Å². The van der Waals surface area contributed by atoms with Gasteiger partial charge in [-0.1, -0.05) is 11.6 Å². The van der Waals surface area contributed by atoms with Crippen molar-refractivity contribution < 1.29 is 9.53 Å². The molecular weight excluding hydrogens is 142 g/mol. The van der Waals surface area contributed by atoms with Gasteiger partial charge in [0.1, 0.15) is 5.56 Å². The molecule has 0 aromatic heterocycles. The maximum atomic E-state index is 10.1. The van der Waals surface area contributed by atoms with Gasteiger partial charge in [-0.05, 0) is 6.42 Å². The highest BCUT2D eigenvalue weighted by Gasteiger charge is 2.02. The molecule has 0 spiro atoms. The molecule has 0 aliphatic carbocycles. The number of nitrogens with two attached hydrogens (primary N) is 1. The Balaban J connectivity index is 3.16. The normalized spacial score (nSPS) is 13.1. The third-order valence-electron chi connectivity index (χ3n) is 0.873. The van der Waals surface area contributed by atoms with E-state index in [1.807, 2.05) is 0 Å². The van der Waals surface area contributed by atoms with Crippen molar-refractivity contribution in [1.29, 1.82) is 0 Å². The van der Waals surface area contributed by atoms with Crippen molar-refractivity contribution in [1.82, 2.24) is 0 Å². The Bertz CT molecular complexity index is 97.0. The molecule has 1 amide bonds. The van der Waals surface area contributed by atoms with E-state index in [0.29, 0.717) is 6.42 Å². The van der Waals surface area contributed by atoms with E-state index < -0.39 is 5.56 Å². The van der Waals surface area contributed by atoms with E-state index in [9.17, 15) is 4.79 Å². The van der Waals surface area contributed by atoms with E-state index in [1.54, 1.807) is 0 Å². The van der Waals surface area contributed by atoms with Gasteiger partial charge in [-0.15, -0.1) is 0 Å². The van der Waals surface area contributed by atoms with Crippen LogP contribution in [0.1, 0.15) is 12.8 Å². The van der Waals surface area contributed by atoms with Crippen molar-refractivity contribution >= 4 is 17.5 Å². The summed E-state index contributed by atoms with van der Waals surface area (Å²) in [4.78, 5) is 10.1. The molecule has 0 fully saturated rings. The lowest BCUT2D eigenvalue weighted by Gasteiger charge is -2.03. The van der Waals surface area contributed by atoms with Gasteiger partial charge in [0, 0.05) is 13.5 Å². The first-order valence-corrected chi connectivity index (χ1v) is 3.05. The SMILES string of the molecule is COC(Cl)CCC(N)=O. The number of hydrogen-bond acceptors (Lipinski definition) is 2. The summed E-state index contributed by atoms with van der Waals surface area (Å²) in [6, 6.07) is 0. The van der Waals surface area contributed by atoms with Crippen LogP contribution >= 0.6 is 11.6 Å². The molecule has 1 unspecified atom stereocenters. The quantitative estimate of drug-likeness (QED) is 0.594. The van der Waals surface area contributed by atoms with Crippen LogP contribution in [0.3, 0.4) is 0 Å². The van der Waals surface area contributed by atoms with Gasteiger partial charge in [-0.2, -0.15) is 0 Å². The molecule has 0 radical (unpaired) electrons. The monoisotopic (exact) mass is 151 g/mol. The number of rotatable bonds is 4. The zero-order chi connectivity index (χ0) is 7.28. The highest BCUT2D eigenvalue weighted by Crippen LogP contribution is 2.04. The topological polar surface area (TPSA) is 52.3 Å². The van der Waals surface area contributed by atoms with Gasteiger partial charge < -0.3 is 10.5 Å². The fourth-order valence-electron chi connectivity index (χ4n) is 0.374. The molecule has 0 aromatic carbocycles. The largest absolute Gasteiger partial charge is 0.370 e. The number of primary amides is 1. The third-order valence-corrected chi connectivity index (χ3v) is 1.27. The van der Waals surface area contributed by atoms with Crippen LogP contribution in [-0.2, 0) is 9.53 Å². The minimum Gasteiger partial charge on any atom is -0.370 e. The Morgan fingerprint density at radius 2 is 2.44 bits per heavy atom. The highest BCUT2D eigenvalue weighted by molar-refractivity contribution is 6.19. The Morgan fingerprint density at radius 3 is 2.78 bits per heavy atom. The number of carbonyl (C=O) groups excluding carboxylic acids is 1. The molecule has 9 heavy (non-hydrogen) atoms. The number of carbonyl (C=O) groups is 1. The van der Waals surface area contributed by atoms with Crippen molar-refractivity contribution in [3.05, 3.63) is 0 Å². The summed E-state index contributed by atoms with van der Waals surface area (Å²) in [6.45, 7) is 0. The van der Waals surface area contributed by atoms with Crippen molar-refractivity contribution in [2.75, 3.05) is 7.11 Å². The summed E-state index contributed by atoms with van der Waals surface area (Å²) < 4.78 is 4.66. The van der Waals surface area contributed by atoms with Crippen LogP contribution in [0.25, 0.3) is 0 Å². The molecule has 54 valence electrons. The summed E-state index contributed by atoms with van der Waals surface area (Å²) in [7, 11) is 1.48. The Morgan fingerprint density at radius 1 is 1.89 bits per heavy atom. The van der Waals surface area contributed by atoms with E-state index in [4.69, 9.17) is 17.3 Å². The smallest absolute Gasteiger partial charge is 0.217 e. The van der Waals surface area contributed by atoms with Crippen LogP contribution in [0, 0.1) is 0 Å². The highest BCUT2D eigenvalue weighted by atomic mass is 35.5. The van der Waals surface area contributed by atoms with Gasteiger partial charge in [0.25, 0.3) is 0 Å². The number of halogens is 1. The lowest BCUT2D eigenvalue weighted by molar-refractivity contribution is -0.118. The van der Waals surface area contributed by atoms with E-state index in [2.05, 4.69) is 4.74 Å². The molecule has 0 rings (SSSR count). The first kappa shape index (κ1) is 8.72. The second kappa shape index (κ2) is 4.58. The summed E-state index contributed by atoms with van der Waals surface area (Å²) in [6.07, 6.45) is 0.759. The molecule has 0 saturated heterocycles. The van der Waals surface area contributed by atoms with Gasteiger partial charge in [0.05, 0.1) is 0 Å². The van der Waals surface area contributed by atoms with Crippen molar-refractivity contribution in [2.24, 2.45) is 5.73 Å². The number of hydrogen-bond donors (Lipinski definition) is 1. The summed E-state index contributed by atoms with van der Waals surface area (Å²) in [5, 5.41) is 0. The fraction of sp³-hybridized carbons (Fsp3) is 0.800. The Kier molecular flexibility index (Phi) is 4.44. The van der Waals surface area contributed by atoms with Crippen LogP contribution < -0.4 is 5.73 Å². The predicted molar refractivity (Wildman–Crippen MR) is 35.1 cm³/mol. The Labute approximate surface area is 59.1 Å². The molecule has 0 aliphatic rings. The molecule has 0 heterocycles. The van der Waals surface area contributed by atoms with Gasteiger partial charge in [0.15, 0.2) is 0 Å². The maximum Gasteiger partial charge on any atom is 0.217 e. The zero-order valence-corrected chi connectivity index (χ0v) is 6.02. The number of ether oxygens (including phenoxy) is 1. The van der Waals surface area contributed by atoms with Crippen molar-refractivity contribution in [2.45, 2.75) is 18.4 Å². The van der Waals surface area contributed by atoms with Gasteiger partial charge >= 0.3 is 0 Å². The first-order chi connectivity index (χ1) is 4.16. The van der Waals surface area contributed by atoms with Crippen LogP contribution in [0.4, 0.5) is 0 Å². The second-order valence-electron chi connectivity index (χ2n) is 1.65. The molecule has 0 aromatic rings. The van der Waals surface area contributed by atoms with Gasteiger partial charge in [-0.3, -0.25) is 4.79 Å². The lowest BCUT2D eigenvalue weighted by atomic mass is 10.3. The molecule has 0 aliphatic heterocycles. The van der Waals surface area contributed by atoms with E-state index in [-0.39, 0.29) is 12.3 Å². The van der Waals surface area contributed by atoms with Gasteiger partial charge in [0.2, 0.25) is 5.91 Å². The number of amides is 1. The molecule has 1 atom stereocenters. The van der Waals surface area contributed by atoms with Crippen LogP contribution in [-0.4, -0.2) is 18.6 Å². The van der Waals surface area contributed by atoms with Gasteiger partial charge in [-0.25, -0.2) is 0 Å². The number of alkyl halides is 1. The standard InChI is InChI=1S/C5H10ClNO2/c1-9-4(6)2-3-5(7)8/h4H,2-3H2,1H3,(H2,7,8).